The fourth-order valence-corrected chi connectivity index (χ4v) is 2.21. The fourth-order valence-electron chi connectivity index (χ4n) is 1.88. The molecule has 0 aromatic rings. The molecule has 6 nitrogen and oxygen atoms in total. The second kappa shape index (κ2) is 19.1. The van der Waals surface area contributed by atoms with Crippen molar-refractivity contribution in [2.45, 2.75) is 97.5 Å². The minimum absolute atomic E-state index is 0. The van der Waals surface area contributed by atoms with Crippen molar-refractivity contribution in [1.82, 2.24) is 0 Å². The van der Waals surface area contributed by atoms with Gasteiger partial charge < -0.3 is 9.53 Å². The fraction of sp³-hybridized carbons (Fsp3) is 0.941. The van der Waals surface area contributed by atoms with Crippen LogP contribution in [0.4, 0.5) is 0 Å². The van der Waals surface area contributed by atoms with Gasteiger partial charge >= 0.3 is 40.0 Å². The van der Waals surface area contributed by atoms with Crippen molar-refractivity contribution in [2.75, 3.05) is 6.61 Å². The van der Waals surface area contributed by atoms with Crippen molar-refractivity contribution in [3.05, 3.63) is 0 Å². The molecule has 0 spiro atoms. The van der Waals surface area contributed by atoms with Gasteiger partial charge in [-0.3, -0.25) is 4.55 Å². The largest absolute Gasteiger partial charge is 1.00 e. The molecule has 0 fully saturated rings. The molecular formula is C17H35NaO6S. The number of ether oxygens (including phenoxy) is 1. The van der Waals surface area contributed by atoms with E-state index in [4.69, 9.17) is 4.55 Å². The van der Waals surface area contributed by atoms with Crippen molar-refractivity contribution >= 4 is 16.9 Å². The van der Waals surface area contributed by atoms with Gasteiger partial charge in [-0.1, -0.05) is 71.2 Å². The Labute approximate surface area is 176 Å². The van der Waals surface area contributed by atoms with E-state index < -0.39 is 10.4 Å². The van der Waals surface area contributed by atoms with E-state index in [9.17, 15) is 13.2 Å². The van der Waals surface area contributed by atoms with Crippen molar-refractivity contribution in [2.24, 2.45) is 0 Å². The van der Waals surface area contributed by atoms with Crippen LogP contribution in [0, 0.1) is 0 Å². The first-order valence-electron chi connectivity index (χ1n) is 8.79. The molecule has 8 heteroatoms. The first-order chi connectivity index (χ1) is 11.1. The summed E-state index contributed by atoms with van der Waals surface area (Å²) in [7, 11) is -4.23. The summed E-state index contributed by atoms with van der Waals surface area (Å²) in [4.78, 5) is 9.47. The summed E-state index contributed by atoms with van der Waals surface area (Å²) in [5.41, 5.74) is -0.373. The minimum atomic E-state index is -4.23. The summed E-state index contributed by atoms with van der Waals surface area (Å²) in [5, 5.41) is 0. The van der Waals surface area contributed by atoms with Gasteiger partial charge in [0.05, 0.1) is 12.2 Å². The molecule has 1 N–H and O–H groups in total. The first kappa shape index (κ1) is 30.1. The second-order valence-electron chi connectivity index (χ2n) is 6.73. The summed E-state index contributed by atoms with van der Waals surface area (Å²) in [5.74, 6) is 0. The second-order valence-corrected chi connectivity index (χ2v) is 7.82. The molecule has 0 aliphatic rings. The molecule has 0 rings (SSSR count). The predicted molar refractivity (Wildman–Crippen MR) is 95.9 cm³/mol. The van der Waals surface area contributed by atoms with E-state index in [0.29, 0.717) is 6.42 Å². The summed E-state index contributed by atoms with van der Waals surface area (Å²) < 4.78 is 37.4. The topological polar surface area (TPSA) is 89.9 Å². The molecule has 0 saturated heterocycles. The van der Waals surface area contributed by atoms with Crippen LogP contribution in [-0.4, -0.2) is 31.7 Å². The van der Waals surface area contributed by atoms with Crippen molar-refractivity contribution < 1.29 is 56.2 Å². The number of rotatable bonds is 13. The Morgan fingerprint density at radius 2 is 1.28 bits per heavy atom. The van der Waals surface area contributed by atoms with E-state index in [1.54, 1.807) is 20.8 Å². The monoisotopic (exact) mass is 390 g/mol. The molecule has 0 bridgehead atoms. The predicted octanol–water partition coefficient (Wildman–Crippen LogP) is 1.60. The quantitative estimate of drug-likeness (QED) is 0.222. The van der Waals surface area contributed by atoms with Gasteiger partial charge in [0.25, 0.3) is 0 Å². The maximum Gasteiger partial charge on any atom is 1.00 e. The van der Waals surface area contributed by atoms with Crippen LogP contribution in [0.5, 0.6) is 0 Å². The van der Waals surface area contributed by atoms with Crippen LogP contribution in [0.15, 0.2) is 0 Å². The van der Waals surface area contributed by atoms with E-state index in [2.05, 4.69) is 15.8 Å². The van der Waals surface area contributed by atoms with E-state index in [-0.39, 0.29) is 41.8 Å². The molecule has 0 heterocycles. The van der Waals surface area contributed by atoms with Gasteiger partial charge in [0.15, 0.2) is 0 Å². The molecule has 146 valence electrons. The third kappa shape index (κ3) is 36.1. The molecule has 0 aliphatic heterocycles. The van der Waals surface area contributed by atoms with Gasteiger partial charge in [-0.05, 0) is 27.2 Å². The smallest absolute Gasteiger partial charge is 0.649 e. The van der Waals surface area contributed by atoms with Gasteiger partial charge in [0.1, 0.15) is 0 Å². The van der Waals surface area contributed by atoms with Crippen LogP contribution in [0.3, 0.4) is 0 Å². The van der Waals surface area contributed by atoms with Gasteiger partial charge in [-0.25, -0.2) is 4.18 Å². The molecule has 0 aromatic heterocycles. The van der Waals surface area contributed by atoms with Crippen molar-refractivity contribution in [1.29, 1.82) is 0 Å². The average molecular weight is 391 g/mol. The Hall–Kier alpha value is 0.340. The Kier molecular flexibility index (Phi) is 23.0. The van der Waals surface area contributed by atoms with Gasteiger partial charge in [0, 0.05) is 0 Å². The molecule has 0 amide bonds. The van der Waals surface area contributed by atoms with Crippen LogP contribution in [0.1, 0.15) is 91.9 Å². The van der Waals surface area contributed by atoms with E-state index in [1.807, 2.05) is 0 Å². The molecule has 0 unspecified atom stereocenters. The standard InChI is InChI=1S/C12H26O4S.C5H9O2.Na/c1-2-3-4-5-6-7-8-9-10-11-12-16-17(13,14)15;1-5(2,3)7-4-6;/h2-12H2,1H3,(H,13,14,15);1-3H3;/q;-1;+1. The molecule has 0 atom stereocenters. The summed E-state index contributed by atoms with van der Waals surface area (Å²) in [6.45, 7) is 9.04. The van der Waals surface area contributed by atoms with E-state index in [1.165, 1.54) is 51.4 Å². The molecule has 0 aliphatic carbocycles. The van der Waals surface area contributed by atoms with E-state index >= 15 is 0 Å². The first-order valence-corrected chi connectivity index (χ1v) is 10.2. The third-order valence-electron chi connectivity index (χ3n) is 3.08. The number of hydrogen-bond donors (Lipinski definition) is 1. The van der Waals surface area contributed by atoms with Crippen LogP contribution in [-0.2, 0) is 24.1 Å². The van der Waals surface area contributed by atoms with Crippen LogP contribution >= 0.6 is 0 Å². The van der Waals surface area contributed by atoms with E-state index in [0.717, 1.165) is 12.8 Å². The molecule has 0 radical (unpaired) electrons. The minimum Gasteiger partial charge on any atom is -0.649 e. The molecule has 25 heavy (non-hydrogen) atoms. The summed E-state index contributed by atoms with van der Waals surface area (Å²) in [6.07, 6.45) is 11.9. The molecule has 0 saturated carbocycles. The normalized spacial score (nSPS) is 11.1. The SMILES string of the molecule is CC(C)(C)O[C-]=O.CCCCCCCCCCCCOS(=O)(=O)O.[Na+]. The van der Waals surface area contributed by atoms with Crippen LogP contribution in [0.2, 0.25) is 0 Å². The van der Waals surface area contributed by atoms with Gasteiger partial charge in [0.2, 0.25) is 0 Å². The van der Waals surface area contributed by atoms with Crippen molar-refractivity contribution in [3.63, 3.8) is 0 Å². The van der Waals surface area contributed by atoms with Crippen LogP contribution in [0.25, 0.3) is 0 Å². The molecule has 0 aromatic carbocycles. The molecular weight excluding hydrogens is 355 g/mol. The van der Waals surface area contributed by atoms with Crippen molar-refractivity contribution in [3.8, 4) is 0 Å². The Bertz CT molecular complexity index is 379. The zero-order valence-electron chi connectivity index (χ0n) is 16.7. The zero-order chi connectivity index (χ0) is 18.9. The Morgan fingerprint density at radius 3 is 1.56 bits per heavy atom. The zero-order valence-corrected chi connectivity index (χ0v) is 19.5. The summed E-state index contributed by atoms with van der Waals surface area (Å²) in [6, 6.07) is 0. The Morgan fingerprint density at radius 1 is 0.880 bits per heavy atom. The Balaban J connectivity index is -0.000000513. The van der Waals surface area contributed by atoms with Crippen LogP contribution < -0.4 is 29.6 Å². The summed E-state index contributed by atoms with van der Waals surface area (Å²) >= 11 is 0. The van der Waals surface area contributed by atoms with Gasteiger partial charge in [-0.2, -0.15) is 8.42 Å². The number of unbranched alkanes of at least 4 members (excludes halogenated alkanes) is 9. The number of carbonyl (C=O) groups excluding carboxylic acids is 1. The number of hydrogen-bond acceptors (Lipinski definition) is 5. The third-order valence-corrected chi connectivity index (χ3v) is 3.54. The average Bonchev–Trinajstić information content (AvgIpc) is 2.43. The van der Waals surface area contributed by atoms with Gasteiger partial charge in [-0.15, -0.1) is 0 Å². The maximum atomic E-state index is 10.2. The maximum absolute atomic E-state index is 10.2.